The summed E-state index contributed by atoms with van der Waals surface area (Å²) >= 11 is 0. The number of nitrogens with zero attached hydrogens (tertiary/aromatic N) is 2. The van der Waals surface area contributed by atoms with Crippen molar-refractivity contribution in [3.63, 3.8) is 0 Å². The van der Waals surface area contributed by atoms with Crippen molar-refractivity contribution in [2.45, 2.75) is 13.0 Å². The number of carbonyl (C=O) groups is 2. The quantitative estimate of drug-likeness (QED) is 0.563. The third kappa shape index (κ3) is 5.15. The molecule has 0 aliphatic carbocycles. The number of aromatic amines is 1. The number of hydrogen-bond acceptors (Lipinski definition) is 5. The third-order valence-electron chi connectivity index (χ3n) is 3.73. The van der Waals surface area contributed by atoms with Crippen LogP contribution in [0, 0.1) is 0 Å². The Hall–Kier alpha value is -3.68. The number of carbonyl (C=O) groups excluding carboxylic acids is 1. The molecule has 1 aromatic carbocycles. The van der Waals surface area contributed by atoms with E-state index in [9.17, 15) is 9.59 Å². The minimum Gasteiger partial charge on any atom is -0.487 e. The van der Waals surface area contributed by atoms with Gasteiger partial charge in [0.25, 0.3) is 5.91 Å². The number of pyridine rings is 1. The summed E-state index contributed by atoms with van der Waals surface area (Å²) in [7, 11) is 0. The molecule has 3 rings (SSSR count). The van der Waals surface area contributed by atoms with Crippen molar-refractivity contribution in [1.29, 1.82) is 0 Å². The number of rotatable bonds is 8. The molecule has 2 aromatic heterocycles. The van der Waals surface area contributed by atoms with E-state index in [0.29, 0.717) is 11.3 Å². The minimum atomic E-state index is -0.954. The van der Waals surface area contributed by atoms with Crippen LogP contribution >= 0.6 is 0 Å². The standard InChI is InChI=1S/C19H18N4O4/c24-18(25)7-8-20-19(26)14-3-1-2-13(10-14)12-27-15-4-5-16(21-11-15)17-6-9-22-23-17/h1-6,9-11H,7-8,12H2,(H,20,26)(H,22,23)(H,24,25). The average Bonchev–Trinajstić information content (AvgIpc) is 3.21. The molecule has 0 saturated carbocycles. The predicted molar refractivity (Wildman–Crippen MR) is 97.2 cm³/mol. The molecule has 0 spiro atoms. The highest BCUT2D eigenvalue weighted by atomic mass is 16.5. The lowest BCUT2D eigenvalue weighted by Crippen LogP contribution is -2.26. The van der Waals surface area contributed by atoms with Gasteiger partial charge in [-0.1, -0.05) is 12.1 Å². The van der Waals surface area contributed by atoms with Crippen LogP contribution in [0.4, 0.5) is 0 Å². The van der Waals surface area contributed by atoms with E-state index < -0.39 is 5.97 Å². The van der Waals surface area contributed by atoms with Crippen LogP contribution in [0.2, 0.25) is 0 Å². The molecule has 0 unspecified atom stereocenters. The Kier molecular flexibility index (Phi) is 5.78. The smallest absolute Gasteiger partial charge is 0.305 e. The molecule has 1 amide bonds. The Labute approximate surface area is 155 Å². The topological polar surface area (TPSA) is 117 Å². The summed E-state index contributed by atoms with van der Waals surface area (Å²) in [6.45, 7) is 0.366. The van der Waals surface area contributed by atoms with Crippen LogP contribution in [0.25, 0.3) is 11.4 Å². The van der Waals surface area contributed by atoms with Gasteiger partial charge >= 0.3 is 5.97 Å². The Morgan fingerprint density at radius 1 is 1.19 bits per heavy atom. The van der Waals surface area contributed by atoms with Crippen LogP contribution in [-0.4, -0.2) is 38.7 Å². The number of amides is 1. The first-order valence-electron chi connectivity index (χ1n) is 8.29. The van der Waals surface area contributed by atoms with E-state index in [1.54, 1.807) is 30.6 Å². The summed E-state index contributed by atoms with van der Waals surface area (Å²) in [6.07, 6.45) is 3.17. The molecule has 8 heteroatoms. The van der Waals surface area contributed by atoms with Crippen molar-refractivity contribution in [2.24, 2.45) is 0 Å². The number of carboxylic acids is 1. The SMILES string of the molecule is O=C(O)CCNC(=O)c1cccc(COc2ccc(-c3ccn[nH]3)nc2)c1. The Bertz CT molecular complexity index is 908. The first-order valence-corrected chi connectivity index (χ1v) is 8.29. The summed E-state index contributed by atoms with van der Waals surface area (Å²) < 4.78 is 5.71. The van der Waals surface area contributed by atoms with Crippen LogP contribution in [0.15, 0.2) is 54.9 Å². The lowest BCUT2D eigenvalue weighted by molar-refractivity contribution is -0.136. The van der Waals surface area contributed by atoms with Crippen molar-refractivity contribution in [3.05, 3.63) is 66.0 Å². The van der Waals surface area contributed by atoms with Crippen molar-refractivity contribution in [1.82, 2.24) is 20.5 Å². The molecule has 3 N–H and O–H groups in total. The largest absolute Gasteiger partial charge is 0.487 e. The fraction of sp³-hybridized carbons (Fsp3) is 0.158. The third-order valence-corrected chi connectivity index (χ3v) is 3.73. The van der Waals surface area contributed by atoms with Crippen LogP contribution in [0.3, 0.4) is 0 Å². The van der Waals surface area contributed by atoms with E-state index in [0.717, 1.165) is 17.0 Å². The Balaban J connectivity index is 1.56. The van der Waals surface area contributed by atoms with Gasteiger partial charge in [0.2, 0.25) is 0 Å². The monoisotopic (exact) mass is 366 g/mol. The molecule has 27 heavy (non-hydrogen) atoms. The van der Waals surface area contributed by atoms with Gasteiger partial charge in [-0.2, -0.15) is 5.10 Å². The van der Waals surface area contributed by atoms with Gasteiger partial charge in [0.05, 0.1) is 24.0 Å². The van der Waals surface area contributed by atoms with Crippen LogP contribution < -0.4 is 10.1 Å². The highest BCUT2D eigenvalue weighted by molar-refractivity contribution is 5.94. The maximum atomic E-state index is 12.0. The molecular formula is C19H18N4O4. The average molecular weight is 366 g/mol. The minimum absolute atomic E-state index is 0.0866. The molecule has 0 atom stereocenters. The second-order valence-electron chi connectivity index (χ2n) is 5.74. The zero-order valence-corrected chi connectivity index (χ0v) is 14.4. The Morgan fingerprint density at radius 3 is 2.78 bits per heavy atom. The molecule has 138 valence electrons. The van der Waals surface area contributed by atoms with Gasteiger partial charge in [0.15, 0.2) is 0 Å². The van der Waals surface area contributed by atoms with Gasteiger partial charge in [-0.3, -0.25) is 19.7 Å². The number of aromatic nitrogens is 3. The van der Waals surface area contributed by atoms with E-state index in [1.807, 2.05) is 24.3 Å². The summed E-state index contributed by atoms with van der Waals surface area (Å²) in [5, 5.41) is 17.9. The molecule has 0 fully saturated rings. The summed E-state index contributed by atoms with van der Waals surface area (Å²) in [5.74, 6) is -0.664. The first-order chi connectivity index (χ1) is 13.1. The molecular weight excluding hydrogens is 348 g/mol. The van der Waals surface area contributed by atoms with Gasteiger partial charge in [0.1, 0.15) is 12.4 Å². The number of aliphatic carboxylic acids is 1. The lowest BCUT2D eigenvalue weighted by atomic mass is 10.1. The van der Waals surface area contributed by atoms with Gasteiger partial charge in [0, 0.05) is 18.3 Å². The van der Waals surface area contributed by atoms with Crippen LogP contribution in [0.1, 0.15) is 22.3 Å². The summed E-state index contributed by atoms with van der Waals surface area (Å²) in [6, 6.07) is 12.4. The number of benzene rings is 1. The van der Waals surface area contributed by atoms with Gasteiger partial charge in [-0.05, 0) is 35.9 Å². The van der Waals surface area contributed by atoms with E-state index in [4.69, 9.17) is 9.84 Å². The molecule has 0 aliphatic rings. The second kappa shape index (κ2) is 8.61. The fourth-order valence-corrected chi connectivity index (χ4v) is 2.38. The van der Waals surface area contributed by atoms with Gasteiger partial charge < -0.3 is 15.2 Å². The normalized spacial score (nSPS) is 10.4. The summed E-state index contributed by atoms with van der Waals surface area (Å²) in [4.78, 5) is 26.9. The fourth-order valence-electron chi connectivity index (χ4n) is 2.38. The molecule has 0 radical (unpaired) electrons. The second-order valence-corrected chi connectivity index (χ2v) is 5.74. The van der Waals surface area contributed by atoms with Gasteiger partial charge in [-0.15, -0.1) is 0 Å². The maximum Gasteiger partial charge on any atom is 0.305 e. The first kappa shape index (κ1) is 18.1. The molecule has 3 aromatic rings. The van der Waals surface area contributed by atoms with Crippen LogP contribution in [0.5, 0.6) is 5.75 Å². The highest BCUT2D eigenvalue weighted by Gasteiger charge is 2.07. The molecule has 0 saturated heterocycles. The number of nitrogens with one attached hydrogen (secondary N) is 2. The lowest BCUT2D eigenvalue weighted by Gasteiger charge is -2.08. The summed E-state index contributed by atoms with van der Waals surface area (Å²) in [5.41, 5.74) is 2.86. The van der Waals surface area contributed by atoms with E-state index >= 15 is 0 Å². The number of H-pyrrole nitrogens is 1. The van der Waals surface area contributed by atoms with E-state index in [1.165, 1.54) is 0 Å². The van der Waals surface area contributed by atoms with Crippen molar-refractivity contribution >= 4 is 11.9 Å². The van der Waals surface area contributed by atoms with Crippen molar-refractivity contribution < 1.29 is 19.4 Å². The number of carboxylic acid groups (broad SMARTS) is 1. The molecule has 8 nitrogen and oxygen atoms in total. The van der Waals surface area contributed by atoms with Crippen LogP contribution in [-0.2, 0) is 11.4 Å². The zero-order chi connectivity index (χ0) is 19.1. The zero-order valence-electron chi connectivity index (χ0n) is 14.4. The molecule has 0 aliphatic heterocycles. The van der Waals surface area contributed by atoms with Gasteiger partial charge in [-0.25, -0.2) is 0 Å². The van der Waals surface area contributed by atoms with E-state index in [-0.39, 0.29) is 25.5 Å². The Morgan fingerprint density at radius 2 is 2.07 bits per heavy atom. The van der Waals surface area contributed by atoms with E-state index in [2.05, 4.69) is 20.5 Å². The number of hydrogen-bond donors (Lipinski definition) is 3. The molecule has 2 heterocycles. The molecule has 0 bridgehead atoms. The predicted octanol–water partition coefficient (Wildman–Crippen LogP) is 2.26. The maximum absolute atomic E-state index is 12.0. The van der Waals surface area contributed by atoms with Crippen molar-refractivity contribution in [3.8, 4) is 17.1 Å². The highest BCUT2D eigenvalue weighted by Crippen LogP contribution is 2.18. The number of ether oxygens (including phenoxy) is 1. The van der Waals surface area contributed by atoms with Crippen molar-refractivity contribution in [2.75, 3.05) is 6.54 Å².